The first-order valence-corrected chi connectivity index (χ1v) is 7.11. The van der Waals surface area contributed by atoms with Crippen LogP contribution in [0.3, 0.4) is 0 Å². The minimum Gasteiger partial charge on any atom is -0.372 e. The molecule has 8 heteroatoms. The van der Waals surface area contributed by atoms with Crippen molar-refractivity contribution in [3.63, 3.8) is 0 Å². The van der Waals surface area contributed by atoms with E-state index in [0.29, 0.717) is 12.2 Å². The molecule has 2 rings (SSSR count). The number of nitro benzene ring substituents is 1. The van der Waals surface area contributed by atoms with Gasteiger partial charge in [-0.3, -0.25) is 14.9 Å². The lowest BCUT2D eigenvalue weighted by Gasteiger charge is -2.16. The largest absolute Gasteiger partial charge is 0.372 e. The highest BCUT2D eigenvalue weighted by atomic mass is 16.6. The van der Waals surface area contributed by atoms with E-state index in [9.17, 15) is 14.9 Å². The molecule has 0 spiro atoms. The number of rotatable bonds is 6. The fraction of sp³-hybridized carbons (Fsp3) is 0.333. The zero-order valence-corrected chi connectivity index (χ0v) is 13.3. The summed E-state index contributed by atoms with van der Waals surface area (Å²) in [5.74, 6) is -0.342. The molecule has 1 heterocycles. The van der Waals surface area contributed by atoms with Gasteiger partial charge in [0, 0.05) is 50.7 Å². The summed E-state index contributed by atoms with van der Waals surface area (Å²) in [6.45, 7) is 2.43. The average Bonchev–Trinajstić information content (AvgIpc) is 2.98. The summed E-state index contributed by atoms with van der Waals surface area (Å²) in [7, 11) is 3.44. The first-order chi connectivity index (χ1) is 10.9. The Hall–Kier alpha value is -2.90. The van der Waals surface area contributed by atoms with Crippen molar-refractivity contribution in [1.29, 1.82) is 0 Å². The maximum absolute atomic E-state index is 12.3. The number of benzene rings is 1. The Bertz CT molecular complexity index is 697. The van der Waals surface area contributed by atoms with E-state index in [0.717, 1.165) is 0 Å². The molecule has 0 saturated heterocycles. The Labute approximate surface area is 133 Å². The summed E-state index contributed by atoms with van der Waals surface area (Å²) >= 11 is 0. The van der Waals surface area contributed by atoms with Crippen molar-refractivity contribution in [2.75, 3.05) is 19.0 Å². The van der Waals surface area contributed by atoms with Gasteiger partial charge in [-0.05, 0) is 19.1 Å². The van der Waals surface area contributed by atoms with Crippen molar-refractivity contribution in [1.82, 2.24) is 14.9 Å². The molecule has 23 heavy (non-hydrogen) atoms. The monoisotopic (exact) mass is 317 g/mol. The Kier molecular flexibility index (Phi) is 4.95. The third-order valence-corrected chi connectivity index (χ3v) is 3.34. The molecule has 0 aliphatic heterocycles. The highest BCUT2D eigenvalue weighted by Gasteiger charge is 2.19. The summed E-state index contributed by atoms with van der Waals surface area (Å²) in [5.41, 5.74) is 0.628. The number of aromatic nitrogens is 2. The molecular formula is C15H19N5O3. The highest BCUT2D eigenvalue weighted by Crippen LogP contribution is 2.27. The van der Waals surface area contributed by atoms with Gasteiger partial charge in [-0.1, -0.05) is 0 Å². The number of amides is 1. The van der Waals surface area contributed by atoms with Crippen LogP contribution in [0.1, 0.15) is 17.3 Å². The first kappa shape index (κ1) is 16.5. The van der Waals surface area contributed by atoms with Crippen LogP contribution in [-0.2, 0) is 6.54 Å². The maximum atomic E-state index is 12.3. The van der Waals surface area contributed by atoms with Crippen molar-refractivity contribution < 1.29 is 9.72 Å². The molecule has 0 saturated carbocycles. The second kappa shape index (κ2) is 6.91. The Morgan fingerprint density at radius 1 is 1.48 bits per heavy atom. The zero-order valence-electron chi connectivity index (χ0n) is 13.3. The Morgan fingerprint density at radius 2 is 2.22 bits per heavy atom. The molecule has 122 valence electrons. The average molecular weight is 317 g/mol. The molecular weight excluding hydrogens is 298 g/mol. The minimum atomic E-state index is -0.485. The van der Waals surface area contributed by atoms with Crippen LogP contribution in [0.4, 0.5) is 11.4 Å². The quantitative estimate of drug-likeness (QED) is 0.646. The third-order valence-electron chi connectivity index (χ3n) is 3.34. The molecule has 8 nitrogen and oxygen atoms in total. The highest BCUT2D eigenvalue weighted by molar-refractivity contribution is 5.95. The van der Waals surface area contributed by atoms with Crippen molar-refractivity contribution in [2.45, 2.75) is 19.5 Å². The fourth-order valence-corrected chi connectivity index (χ4v) is 2.25. The lowest BCUT2D eigenvalue weighted by atomic mass is 10.1. The van der Waals surface area contributed by atoms with Gasteiger partial charge in [0.15, 0.2) is 0 Å². The van der Waals surface area contributed by atoms with Crippen molar-refractivity contribution >= 4 is 17.3 Å². The van der Waals surface area contributed by atoms with Crippen LogP contribution in [0.25, 0.3) is 0 Å². The summed E-state index contributed by atoms with van der Waals surface area (Å²) in [5, 5.41) is 14.0. The molecule has 1 N–H and O–H groups in total. The van der Waals surface area contributed by atoms with Crippen LogP contribution >= 0.6 is 0 Å². The van der Waals surface area contributed by atoms with Crippen LogP contribution in [0.15, 0.2) is 36.9 Å². The third kappa shape index (κ3) is 4.06. The van der Waals surface area contributed by atoms with E-state index in [1.54, 1.807) is 49.8 Å². The summed E-state index contributed by atoms with van der Waals surface area (Å²) < 4.78 is 1.85. The van der Waals surface area contributed by atoms with E-state index in [4.69, 9.17) is 0 Å². The van der Waals surface area contributed by atoms with Gasteiger partial charge < -0.3 is 14.8 Å². The number of hydrogen-bond donors (Lipinski definition) is 1. The van der Waals surface area contributed by atoms with Crippen molar-refractivity contribution in [3.8, 4) is 0 Å². The predicted octanol–water partition coefficient (Wildman–Crippen LogP) is 1.68. The van der Waals surface area contributed by atoms with Gasteiger partial charge in [0.2, 0.25) is 0 Å². The van der Waals surface area contributed by atoms with Gasteiger partial charge in [-0.15, -0.1) is 0 Å². The van der Waals surface area contributed by atoms with Gasteiger partial charge in [0.05, 0.1) is 11.3 Å². The molecule has 0 aliphatic rings. The van der Waals surface area contributed by atoms with E-state index in [2.05, 4.69) is 10.3 Å². The van der Waals surface area contributed by atoms with E-state index in [-0.39, 0.29) is 23.2 Å². The number of hydrogen-bond acceptors (Lipinski definition) is 5. The second-order valence-electron chi connectivity index (χ2n) is 5.49. The van der Waals surface area contributed by atoms with Gasteiger partial charge in [0.25, 0.3) is 11.6 Å². The standard InChI is InChI=1S/C15H19N5O3/c1-11(9-19-7-6-16-10-19)17-15(21)12-4-5-13(18(2)3)14(8-12)20(22)23/h4-8,10-11H,9H2,1-3H3,(H,17,21)/t11-/m1/s1. The van der Waals surface area contributed by atoms with Gasteiger partial charge in [-0.2, -0.15) is 0 Å². The van der Waals surface area contributed by atoms with Crippen LogP contribution in [0.5, 0.6) is 0 Å². The molecule has 1 amide bonds. The lowest BCUT2D eigenvalue weighted by Crippen LogP contribution is -2.35. The molecule has 0 aliphatic carbocycles. The predicted molar refractivity (Wildman–Crippen MR) is 86.6 cm³/mol. The molecule has 2 aromatic rings. The first-order valence-electron chi connectivity index (χ1n) is 7.11. The summed E-state index contributed by atoms with van der Waals surface area (Å²) in [6.07, 6.45) is 5.14. The molecule has 1 aromatic heterocycles. The number of nitrogens with zero attached hydrogens (tertiary/aromatic N) is 4. The number of carbonyl (C=O) groups is 1. The molecule has 0 radical (unpaired) electrons. The number of imidazole rings is 1. The number of anilines is 1. The topological polar surface area (TPSA) is 93.3 Å². The van der Waals surface area contributed by atoms with Crippen LogP contribution in [-0.4, -0.2) is 40.5 Å². The molecule has 1 atom stereocenters. The van der Waals surface area contributed by atoms with Crippen LogP contribution < -0.4 is 10.2 Å². The molecule has 1 aromatic carbocycles. The summed E-state index contributed by atoms with van der Waals surface area (Å²) in [6, 6.07) is 4.33. The van der Waals surface area contributed by atoms with E-state index in [1.807, 2.05) is 11.5 Å². The van der Waals surface area contributed by atoms with Crippen LogP contribution in [0.2, 0.25) is 0 Å². The molecule has 0 bridgehead atoms. The van der Waals surface area contributed by atoms with E-state index < -0.39 is 4.92 Å². The Morgan fingerprint density at radius 3 is 2.78 bits per heavy atom. The Balaban J connectivity index is 2.12. The number of nitro groups is 1. The van der Waals surface area contributed by atoms with Crippen molar-refractivity contribution in [3.05, 3.63) is 52.6 Å². The zero-order chi connectivity index (χ0) is 17.0. The maximum Gasteiger partial charge on any atom is 0.293 e. The molecule has 0 unspecified atom stereocenters. The number of carbonyl (C=O) groups excluding carboxylic acids is 1. The SMILES string of the molecule is C[C@H](Cn1ccnc1)NC(=O)c1ccc(N(C)C)c([N+](=O)[O-])c1. The molecule has 0 fully saturated rings. The second-order valence-corrected chi connectivity index (χ2v) is 5.49. The van der Waals surface area contributed by atoms with E-state index in [1.165, 1.54) is 6.07 Å². The smallest absolute Gasteiger partial charge is 0.293 e. The van der Waals surface area contributed by atoms with E-state index >= 15 is 0 Å². The van der Waals surface area contributed by atoms with Gasteiger partial charge in [0.1, 0.15) is 5.69 Å². The van der Waals surface area contributed by atoms with Crippen LogP contribution in [0, 0.1) is 10.1 Å². The fourth-order valence-electron chi connectivity index (χ4n) is 2.25. The summed E-state index contributed by atoms with van der Waals surface area (Å²) in [4.78, 5) is 28.5. The minimum absolute atomic E-state index is 0.0927. The normalized spacial score (nSPS) is 11.8. The van der Waals surface area contributed by atoms with Gasteiger partial charge >= 0.3 is 0 Å². The number of nitrogens with one attached hydrogen (secondary N) is 1. The lowest BCUT2D eigenvalue weighted by molar-refractivity contribution is -0.384. The van der Waals surface area contributed by atoms with Gasteiger partial charge in [-0.25, -0.2) is 4.98 Å². The van der Waals surface area contributed by atoms with Crippen molar-refractivity contribution in [2.24, 2.45) is 0 Å².